The van der Waals surface area contributed by atoms with Crippen molar-refractivity contribution in [2.24, 2.45) is 0 Å². The van der Waals surface area contributed by atoms with Gasteiger partial charge in [0.25, 0.3) is 0 Å². The van der Waals surface area contributed by atoms with Crippen LogP contribution in [-0.4, -0.2) is 27.9 Å². The molecule has 1 heterocycles. The molecule has 0 saturated heterocycles. The molecule has 0 spiro atoms. The Kier molecular flexibility index (Phi) is 4.30. The van der Waals surface area contributed by atoms with Gasteiger partial charge in [-0.3, -0.25) is 10.1 Å². The summed E-state index contributed by atoms with van der Waals surface area (Å²) in [5.41, 5.74) is 1.30. The van der Waals surface area contributed by atoms with Crippen LogP contribution in [0.3, 0.4) is 0 Å². The van der Waals surface area contributed by atoms with Crippen molar-refractivity contribution in [3.05, 3.63) is 52.7 Å². The van der Waals surface area contributed by atoms with Crippen LogP contribution in [0.1, 0.15) is 6.92 Å². The first kappa shape index (κ1) is 16.4. The third-order valence-electron chi connectivity index (χ3n) is 3.64. The molecule has 7 nitrogen and oxygen atoms in total. The van der Waals surface area contributed by atoms with Gasteiger partial charge in [-0.05, 0) is 31.2 Å². The highest BCUT2D eigenvalue weighted by Crippen LogP contribution is 2.31. The Morgan fingerprint density at radius 2 is 2.00 bits per heavy atom. The van der Waals surface area contributed by atoms with Crippen LogP contribution in [0.2, 0.25) is 0 Å². The number of carbonyl (C=O) groups excluding carboxylic acids is 1. The van der Waals surface area contributed by atoms with Gasteiger partial charge in [0, 0.05) is 17.7 Å². The molecule has 3 rings (SSSR count). The summed E-state index contributed by atoms with van der Waals surface area (Å²) >= 11 is 0. The number of carbonyl (C=O) groups is 1. The standard InChI is InChI=1S/C18H16N2O5/c1-2-25-18(24)20-13-8-10(21)6-7-11(13)14-9-16(23)17-12(19-14)4-3-5-15(17)22/h3-9,21-22H,2H2,1H3,(H,19,23)(H,20,24). The Morgan fingerprint density at radius 3 is 2.76 bits per heavy atom. The van der Waals surface area contributed by atoms with Crippen LogP contribution in [0.25, 0.3) is 22.2 Å². The summed E-state index contributed by atoms with van der Waals surface area (Å²) in [7, 11) is 0. The Bertz CT molecular complexity index is 1010. The highest BCUT2D eigenvalue weighted by molar-refractivity contribution is 5.93. The van der Waals surface area contributed by atoms with Crippen molar-refractivity contribution in [2.45, 2.75) is 6.92 Å². The Labute approximate surface area is 142 Å². The van der Waals surface area contributed by atoms with Crippen LogP contribution in [0.15, 0.2) is 47.3 Å². The molecule has 0 fully saturated rings. The van der Waals surface area contributed by atoms with E-state index >= 15 is 0 Å². The van der Waals surface area contributed by atoms with E-state index in [1.807, 2.05) is 0 Å². The molecule has 0 unspecified atom stereocenters. The van der Waals surface area contributed by atoms with E-state index in [2.05, 4.69) is 10.3 Å². The second-order valence-electron chi connectivity index (χ2n) is 5.32. The number of nitrogens with one attached hydrogen (secondary N) is 2. The maximum Gasteiger partial charge on any atom is 0.411 e. The molecule has 0 aliphatic rings. The molecule has 0 atom stereocenters. The molecular weight excluding hydrogens is 324 g/mol. The number of phenolic OH excluding ortho intramolecular Hbond substituents is 2. The third-order valence-corrected chi connectivity index (χ3v) is 3.64. The summed E-state index contributed by atoms with van der Waals surface area (Å²) in [4.78, 5) is 27.1. The lowest BCUT2D eigenvalue weighted by atomic mass is 10.1. The molecular formula is C18H16N2O5. The van der Waals surface area contributed by atoms with E-state index < -0.39 is 6.09 Å². The van der Waals surface area contributed by atoms with Crippen molar-refractivity contribution in [3.8, 4) is 22.8 Å². The molecule has 0 aliphatic heterocycles. The van der Waals surface area contributed by atoms with E-state index in [0.717, 1.165) is 0 Å². The lowest BCUT2D eigenvalue weighted by Gasteiger charge is -2.12. The summed E-state index contributed by atoms with van der Waals surface area (Å²) in [5.74, 6) is -0.155. The molecule has 0 bridgehead atoms. The third kappa shape index (κ3) is 3.25. The first-order valence-electron chi connectivity index (χ1n) is 7.61. The number of fused-ring (bicyclic) bond motifs is 1. The number of rotatable bonds is 3. The lowest BCUT2D eigenvalue weighted by molar-refractivity contribution is 0.168. The van der Waals surface area contributed by atoms with Gasteiger partial charge in [-0.1, -0.05) is 6.07 Å². The van der Waals surface area contributed by atoms with Crippen molar-refractivity contribution in [1.29, 1.82) is 0 Å². The van der Waals surface area contributed by atoms with Gasteiger partial charge in [0.1, 0.15) is 11.5 Å². The first-order valence-corrected chi connectivity index (χ1v) is 7.61. The molecule has 0 saturated carbocycles. The average molecular weight is 340 g/mol. The number of ether oxygens (including phenoxy) is 1. The largest absolute Gasteiger partial charge is 0.508 e. The molecule has 2 aromatic carbocycles. The van der Waals surface area contributed by atoms with Crippen LogP contribution in [0, 0.1) is 0 Å². The number of H-pyrrole nitrogens is 1. The topological polar surface area (TPSA) is 112 Å². The Morgan fingerprint density at radius 1 is 1.20 bits per heavy atom. The number of hydrogen-bond acceptors (Lipinski definition) is 5. The summed E-state index contributed by atoms with van der Waals surface area (Å²) in [6.45, 7) is 1.88. The van der Waals surface area contributed by atoms with Crippen LogP contribution in [-0.2, 0) is 4.74 Å². The molecule has 1 amide bonds. The van der Waals surface area contributed by atoms with Gasteiger partial charge in [0.2, 0.25) is 0 Å². The van der Waals surface area contributed by atoms with Crippen LogP contribution < -0.4 is 10.7 Å². The summed E-state index contributed by atoms with van der Waals surface area (Å²) in [6, 6.07) is 10.4. The normalized spacial score (nSPS) is 10.6. The summed E-state index contributed by atoms with van der Waals surface area (Å²) in [6.07, 6.45) is -0.671. The van der Waals surface area contributed by atoms with Gasteiger partial charge in [0.05, 0.1) is 28.9 Å². The zero-order valence-corrected chi connectivity index (χ0v) is 13.4. The minimum absolute atomic E-state index is 0.0451. The number of hydrogen-bond donors (Lipinski definition) is 4. The number of anilines is 1. The lowest BCUT2D eigenvalue weighted by Crippen LogP contribution is -2.14. The van der Waals surface area contributed by atoms with E-state index in [0.29, 0.717) is 16.8 Å². The molecule has 0 aliphatic carbocycles. The second-order valence-corrected chi connectivity index (χ2v) is 5.32. The van der Waals surface area contributed by atoms with Gasteiger partial charge in [-0.15, -0.1) is 0 Å². The van der Waals surface area contributed by atoms with E-state index in [4.69, 9.17) is 4.74 Å². The van der Waals surface area contributed by atoms with Crippen LogP contribution in [0.4, 0.5) is 10.5 Å². The minimum Gasteiger partial charge on any atom is -0.508 e. The van der Waals surface area contributed by atoms with E-state index in [9.17, 15) is 19.8 Å². The van der Waals surface area contributed by atoms with Crippen molar-refractivity contribution in [2.75, 3.05) is 11.9 Å². The van der Waals surface area contributed by atoms with E-state index in [1.54, 1.807) is 25.1 Å². The fraction of sp³-hybridized carbons (Fsp3) is 0.111. The fourth-order valence-corrected chi connectivity index (χ4v) is 2.58. The number of amides is 1. The highest BCUT2D eigenvalue weighted by atomic mass is 16.5. The van der Waals surface area contributed by atoms with Crippen molar-refractivity contribution in [1.82, 2.24) is 4.98 Å². The van der Waals surface area contributed by atoms with E-state index in [-0.39, 0.29) is 34.6 Å². The number of phenols is 2. The zero-order chi connectivity index (χ0) is 18.0. The molecule has 1 aromatic heterocycles. The molecule has 0 radical (unpaired) electrons. The van der Waals surface area contributed by atoms with E-state index in [1.165, 1.54) is 24.3 Å². The average Bonchev–Trinajstić information content (AvgIpc) is 2.54. The number of aromatic nitrogens is 1. The summed E-state index contributed by atoms with van der Waals surface area (Å²) in [5, 5.41) is 22.3. The number of aromatic amines is 1. The fourth-order valence-electron chi connectivity index (χ4n) is 2.58. The number of pyridine rings is 1. The van der Waals surface area contributed by atoms with Gasteiger partial charge in [0.15, 0.2) is 5.43 Å². The number of benzene rings is 2. The van der Waals surface area contributed by atoms with Crippen molar-refractivity contribution >= 4 is 22.7 Å². The van der Waals surface area contributed by atoms with Crippen molar-refractivity contribution in [3.63, 3.8) is 0 Å². The van der Waals surface area contributed by atoms with Crippen LogP contribution in [0.5, 0.6) is 11.5 Å². The predicted molar refractivity (Wildman–Crippen MR) is 94.0 cm³/mol. The maximum atomic E-state index is 12.4. The van der Waals surface area contributed by atoms with Crippen LogP contribution >= 0.6 is 0 Å². The molecule has 4 N–H and O–H groups in total. The second kappa shape index (κ2) is 6.56. The SMILES string of the molecule is CCOC(=O)Nc1cc(O)ccc1-c1cc(=O)c2c(O)cccc2[nH]1. The quantitative estimate of drug-likeness (QED) is 0.585. The van der Waals surface area contributed by atoms with Gasteiger partial charge >= 0.3 is 6.09 Å². The maximum absolute atomic E-state index is 12.4. The molecule has 3 aromatic rings. The molecule has 7 heteroatoms. The molecule has 128 valence electrons. The zero-order valence-electron chi connectivity index (χ0n) is 13.4. The van der Waals surface area contributed by atoms with Gasteiger partial charge < -0.3 is 19.9 Å². The molecule has 25 heavy (non-hydrogen) atoms. The minimum atomic E-state index is -0.671. The van der Waals surface area contributed by atoms with Gasteiger partial charge in [-0.2, -0.15) is 0 Å². The highest BCUT2D eigenvalue weighted by Gasteiger charge is 2.13. The van der Waals surface area contributed by atoms with Crippen molar-refractivity contribution < 1.29 is 19.7 Å². The van der Waals surface area contributed by atoms with Gasteiger partial charge in [-0.25, -0.2) is 4.79 Å². The summed E-state index contributed by atoms with van der Waals surface area (Å²) < 4.78 is 4.85. The first-order chi connectivity index (χ1) is 12.0. The predicted octanol–water partition coefficient (Wildman–Crippen LogP) is 3.17. The smallest absolute Gasteiger partial charge is 0.411 e. The Hall–Kier alpha value is -3.48. The Balaban J connectivity index is 2.15. The monoisotopic (exact) mass is 340 g/mol. The number of aromatic hydroxyl groups is 2.